The lowest BCUT2D eigenvalue weighted by molar-refractivity contribution is 0.0822. The van der Waals surface area contributed by atoms with Gasteiger partial charge in [0.05, 0.1) is 0 Å². The molecule has 5 heteroatoms. The Morgan fingerprint density at radius 1 is 1.25 bits per heavy atom. The third kappa shape index (κ3) is 3.31. The first kappa shape index (κ1) is 16.2. The average Bonchev–Trinajstić information content (AvgIpc) is 3.07. The Morgan fingerprint density at radius 3 is 2.88 bits per heavy atom. The molecule has 0 saturated heterocycles. The summed E-state index contributed by atoms with van der Waals surface area (Å²) in [6.07, 6.45) is 3.71. The lowest BCUT2D eigenvalue weighted by Gasteiger charge is -2.16. The Balaban J connectivity index is 1.71. The zero-order valence-electron chi connectivity index (χ0n) is 14.2. The van der Waals surface area contributed by atoms with Crippen LogP contribution in [0.3, 0.4) is 0 Å². The van der Waals surface area contributed by atoms with Crippen LogP contribution in [-0.4, -0.2) is 34.9 Å². The monoisotopic (exact) mass is 322 g/mol. The maximum Gasteiger partial charge on any atom is 0.269 e. The van der Waals surface area contributed by atoms with Crippen molar-refractivity contribution in [3.63, 3.8) is 0 Å². The molecule has 0 radical (unpaired) electrons. The molecule has 2 aromatic heterocycles. The molecule has 0 aliphatic heterocycles. The summed E-state index contributed by atoms with van der Waals surface area (Å²) in [5, 5.41) is 5.86. The number of H-pyrrole nitrogens is 1. The summed E-state index contributed by atoms with van der Waals surface area (Å²) in [5.41, 5.74) is 2.85. The number of hydrogen-bond acceptors (Lipinski definition) is 3. The second kappa shape index (κ2) is 6.84. The molecule has 0 spiro atoms. The zero-order valence-corrected chi connectivity index (χ0v) is 14.2. The third-order valence-corrected chi connectivity index (χ3v) is 4.16. The van der Waals surface area contributed by atoms with Crippen molar-refractivity contribution in [3.8, 4) is 0 Å². The van der Waals surface area contributed by atoms with Crippen molar-refractivity contribution in [2.75, 3.05) is 14.1 Å². The number of amides is 1. The lowest BCUT2D eigenvalue weighted by Crippen LogP contribution is -2.22. The smallest absolute Gasteiger partial charge is 0.269 e. The topological polar surface area (TPSA) is 61.0 Å². The van der Waals surface area contributed by atoms with Crippen LogP contribution in [0.1, 0.15) is 34.7 Å². The van der Waals surface area contributed by atoms with Crippen LogP contribution in [0.5, 0.6) is 0 Å². The van der Waals surface area contributed by atoms with E-state index in [2.05, 4.69) is 40.4 Å². The number of hydrogen-bond donors (Lipinski definition) is 2. The van der Waals surface area contributed by atoms with E-state index in [1.165, 1.54) is 10.9 Å². The standard InChI is InChI=1S/C19H22N4O/c1-13(16-6-4-5-14-11-20-10-9-17(14)16)21-12-15-7-8-18(22-15)19(24)23(2)3/h4-11,13,21-22H,12H2,1-3H3/t13-/m0/s1. The van der Waals surface area contributed by atoms with Gasteiger partial charge in [-0.1, -0.05) is 18.2 Å². The van der Waals surface area contributed by atoms with Crippen LogP contribution in [0.25, 0.3) is 10.8 Å². The Labute approximate surface area is 141 Å². The van der Waals surface area contributed by atoms with Gasteiger partial charge in [0.25, 0.3) is 5.91 Å². The normalized spacial score (nSPS) is 12.3. The molecule has 2 heterocycles. The van der Waals surface area contributed by atoms with Gasteiger partial charge in [0.15, 0.2) is 0 Å². The van der Waals surface area contributed by atoms with Crippen molar-refractivity contribution in [3.05, 3.63) is 65.7 Å². The third-order valence-electron chi connectivity index (χ3n) is 4.16. The van der Waals surface area contributed by atoms with Crippen molar-refractivity contribution in [2.24, 2.45) is 0 Å². The van der Waals surface area contributed by atoms with Crippen LogP contribution < -0.4 is 5.32 Å². The van der Waals surface area contributed by atoms with Gasteiger partial charge in [-0.05, 0) is 36.1 Å². The molecule has 0 aliphatic rings. The molecule has 1 aromatic carbocycles. The number of pyridine rings is 1. The number of fused-ring (bicyclic) bond motifs is 1. The summed E-state index contributed by atoms with van der Waals surface area (Å²) in [4.78, 5) is 20.9. The van der Waals surface area contributed by atoms with Gasteiger partial charge in [0.2, 0.25) is 0 Å². The van der Waals surface area contributed by atoms with Crippen molar-refractivity contribution in [1.29, 1.82) is 0 Å². The maximum absolute atomic E-state index is 11.9. The fraction of sp³-hybridized carbons (Fsp3) is 0.263. The quantitative estimate of drug-likeness (QED) is 0.759. The van der Waals surface area contributed by atoms with Crippen LogP contribution in [0.2, 0.25) is 0 Å². The second-order valence-electron chi connectivity index (χ2n) is 6.14. The summed E-state index contributed by atoms with van der Waals surface area (Å²) in [6.45, 7) is 2.81. The summed E-state index contributed by atoms with van der Waals surface area (Å²) in [7, 11) is 3.50. The van der Waals surface area contributed by atoms with E-state index in [0.29, 0.717) is 12.2 Å². The Hall–Kier alpha value is -2.66. The van der Waals surface area contributed by atoms with Crippen LogP contribution in [0.15, 0.2) is 48.8 Å². The number of nitrogens with one attached hydrogen (secondary N) is 2. The number of carbonyl (C=O) groups excluding carboxylic acids is 1. The van der Waals surface area contributed by atoms with Crippen molar-refractivity contribution in [1.82, 2.24) is 20.2 Å². The first-order valence-corrected chi connectivity index (χ1v) is 8.02. The Morgan fingerprint density at radius 2 is 2.08 bits per heavy atom. The van der Waals surface area contributed by atoms with Gasteiger partial charge in [0, 0.05) is 50.2 Å². The molecule has 1 amide bonds. The molecule has 5 nitrogen and oxygen atoms in total. The van der Waals surface area contributed by atoms with Gasteiger partial charge >= 0.3 is 0 Å². The predicted molar refractivity (Wildman–Crippen MR) is 95.8 cm³/mol. The molecule has 0 bridgehead atoms. The second-order valence-corrected chi connectivity index (χ2v) is 6.14. The van der Waals surface area contributed by atoms with E-state index in [4.69, 9.17) is 0 Å². The number of rotatable bonds is 5. The van der Waals surface area contributed by atoms with Crippen LogP contribution in [-0.2, 0) is 6.54 Å². The summed E-state index contributed by atoms with van der Waals surface area (Å²) >= 11 is 0. The lowest BCUT2D eigenvalue weighted by atomic mass is 10.0. The highest BCUT2D eigenvalue weighted by molar-refractivity contribution is 5.92. The van der Waals surface area contributed by atoms with E-state index < -0.39 is 0 Å². The fourth-order valence-electron chi connectivity index (χ4n) is 2.81. The van der Waals surface area contributed by atoms with E-state index in [9.17, 15) is 4.79 Å². The highest BCUT2D eigenvalue weighted by Crippen LogP contribution is 2.23. The van der Waals surface area contributed by atoms with Crippen molar-refractivity contribution in [2.45, 2.75) is 19.5 Å². The van der Waals surface area contributed by atoms with Crippen LogP contribution >= 0.6 is 0 Å². The van der Waals surface area contributed by atoms with E-state index >= 15 is 0 Å². The van der Waals surface area contributed by atoms with Crippen molar-refractivity contribution >= 4 is 16.7 Å². The van der Waals surface area contributed by atoms with Gasteiger partial charge in [-0.3, -0.25) is 9.78 Å². The molecule has 1 atom stereocenters. The van der Waals surface area contributed by atoms with Gasteiger partial charge in [-0.15, -0.1) is 0 Å². The first-order valence-electron chi connectivity index (χ1n) is 8.02. The van der Waals surface area contributed by atoms with Gasteiger partial charge in [-0.2, -0.15) is 0 Å². The molecule has 0 saturated carbocycles. The van der Waals surface area contributed by atoms with Crippen LogP contribution in [0, 0.1) is 0 Å². The van der Waals surface area contributed by atoms with E-state index in [1.54, 1.807) is 19.0 Å². The van der Waals surface area contributed by atoms with Crippen molar-refractivity contribution < 1.29 is 4.79 Å². The summed E-state index contributed by atoms with van der Waals surface area (Å²) in [6, 6.07) is 12.3. The van der Waals surface area contributed by atoms with Gasteiger partial charge in [0.1, 0.15) is 5.69 Å². The number of aromatic nitrogens is 2. The Bertz CT molecular complexity index is 848. The minimum absolute atomic E-state index is 0.0177. The SMILES string of the molecule is C[C@H](NCc1ccc(C(=O)N(C)C)[nH]1)c1cccc2cnccc12. The molecule has 0 fully saturated rings. The van der Waals surface area contributed by atoms with Gasteiger partial charge in [-0.25, -0.2) is 0 Å². The number of carbonyl (C=O) groups is 1. The molecule has 0 aliphatic carbocycles. The number of nitrogens with zero attached hydrogens (tertiary/aromatic N) is 2. The van der Waals surface area contributed by atoms with Crippen LogP contribution in [0.4, 0.5) is 0 Å². The fourth-order valence-corrected chi connectivity index (χ4v) is 2.81. The minimum Gasteiger partial charge on any atom is -0.353 e. The molecule has 124 valence electrons. The highest BCUT2D eigenvalue weighted by Gasteiger charge is 2.12. The molecule has 24 heavy (non-hydrogen) atoms. The average molecular weight is 322 g/mol. The first-order chi connectivity index (χ1) is 11.6. The largest absolute Gasteiger partial charge is 0.353 e. The van der Waals surface area contributed by atoms with E-state index in [1.807, 2.05) is 30.6 Å². The zero-order chi connectivity index (χ0) is 17.1. The van der Waals surface area contributed by atoms with E-state index in [-0.39, 0.29) is 11.9 Å². The van der Waals surface area contributed by atoms with Gasteiger partial charge < -0.3 is 15.2 Å². The summed E-state index contributed by atoms with van der Waals surface area (Å²) < 4.78 is 0. The minimum atomic E-state index is -0.0177. The molecular weight excluding hydrogens is 300 g/mol. The molecule has 0 unspecified atom stereocenters. The molecule has 3 rings (SSSR count). The predicted octanol–water partition coefficient (Wildman–Crippen LogP) is 3.12. The highest BCUT2D eigenvalue weighted by atomic mass is 16.2. The molecule has 2 N–H and O–H groups in total. The number of aromatic amines is 1. The molecule has 3 aromatic rings. The summed E-state index contributed by atoms with van der Waals surface area (Å²) in [5.74, 6) is -0.0177. The van der Waals surface area contributed by atoms with E-state index in [0.717, 1.165) is 11.1 Å². The molecular formula is C19H22N4O. The Kier molecular flexibility index (Phi) is 4.62. The number of benzene rings is 1. The maximum atomic E-state index is 11.9.